The topological polar surface area (TPSA) is 37.3 Å². The Kier molecular flexibility index (Phi) is 9.65. The van der Waals surface area contributed by atoms with Gasteiger partial charge in [0, 0.05) is 6.42 Å². The summed E-state index contributed by atoms with van der Waals surface area (Å²) in [5, 5.41) is 8.04. The Labute approximate surface area is 94.1 Å². The number of carbonyl (C=O) groups is 1. The van der Waals surface area contributed by atoms with Crippen LogP contribution in [-0.2, 0) is 4.79 Å². The van der Waals surface area contributed by atoms with Gasteiger partial charge in [0.2, 0.25) is 0 Å². The molecule has 0 bridgehead atoms. The van der Waals surface area contributed by atoms with Crippen molar-refractivity contribution >= 4 is 5.97 Å². The van der Waals surface area contributed by atoms with Gasteiger partial charge in [-0.3, -0.25) is 4.79 Å². The maximum Gasteiger partial charge on any atom is 0.303 e. The van der Waals surface area contributed by atoms with Crippen molar-refractivity contribution in [3.63, 3.8) is 0 Å². The number of unbranched alkanes of at least 4 members (excludes halogenated alkanes) is 2. The first-order valence-corrected chi connectivity index (χ1v) is 6.42. The molecule has 0 unspecified atom stereocenters. The summed E-state index contributed by atoms with van der Waals surface area (Å²) in [5.74, 6) is 0.441. The summed E-state index contributed by atoms with van der Waals surface area (Å²) in [5.41, 5.74) is 0. The summed E-state index contributed by atoms with van der Waals surface area (Å²) >= 11 is 0. The number of rotatable bonds is 6. The molecular weight excluding hydrogens is 188 g/mol. The second kappa shape index (κ2) is 10.0. The van der Waals surface area contributed by atoms with Crippen molar-refractivity contribution in [1.82, 2.24) is 0 Å². The SMILES string of the molecule is CCCCC(=O)O.CCCCC1CCC1. The van der Waals surface area contributed by atoms with Crippen LogP contribution in [0.2, 0.25) is 0 Å². The number of carboxylic acids is 1. The van der Waals surface area contributed by atoms with Crippen LogP contribution in [0.15, 0.2) is 0 Å². The summed E-state index contributed by atoms with van der Waals surface area (Å²) in [6.45, 7) is 4.25. The lowest BCUT2D eigenvalue weighted by molar-refractivity contribution is -0.137. The van der Waals surface area contributed by atoms with Gasteiger partial charge in [0.15, 0.2) is 0 Å². The van der Waals surface area contributed by atoms with Gasteiger partial charge in [-0.25, -0.2) is 0 Å². The van der Waals surface area contributed by atoms with Gasteiger partial charge in [0.1, 0.15) is 0 Å². The van der Waals surface area contributed by atoms with E-state index in [1.165, 1.54) is 38.5 Å². The lowest BCUT2D eigenvalue weighted by Crippen LogP contribution is -2.09. The molecule has 0 heterocycles. The van der Waals surface area contributed by atoms with E-state index in [0.29, 0.717) is 6.42 Å². The van der Waals surface area contributed by atoms with Crippen LogP contribution in [-0.4, -0.2) is 11.1 Å². The largest absolute Gasteiger partial charge is 0.481 e. The van der Waals surface area contributed by atoms with E-state index < -0.39 is 5.97 Å². The molecule has 1 rings (SSSR count). The number of hydrogen-bond donors (Lipinski definition) is 1. The minimum atomic E-state index is -0.693. The highest BCUT2D eigenvalue weighted by molar-refractivity contribution is 5.66. The molecular formula is C13H26O2. The standard InChI is InChI=1S/C8H16.C5H10O2/c1-2-3-5-8-6-4-7-8;1-2-3-4-5(6)7/h8H,2-7H2,1H3;2-4H2,1H3,(H,6,7). The normalized spacial score (nSPS) is 15.1. The van der Waals surface area contributed by atoms with E-state index in [1.54, 1.807) is 0 Å². The third-order valence-corrected chi connectivity index (χ3v) is 2.93. The van der Waals surface area contributed by atoms with Gasteiger partial charge < -0.3 is 5.11 Å². The van der Waals surface area contributed by atoms with E-state index in [-0.39, 0.29) is 0 Å². The molecule has 0 aromatic heterocycles. The van der Waals surface area contributed by atoms with Crippen LogP contribution in [0.5, 0.6) is 0 Å². The van der Waals surface area contributed by atoms with Crippen molar-refractivity contribution in [2.24, 2.45) is 5.92 Å². The fourth-order valence-corrected chi connectivity index (χ4v) is 1.60. The van der Waals surface area contributed by atoms with Crippen LogP contribution < -0.4 is 0 Å². The predicted octanol–water partition coefficient (Wildman–Crippen LogP) is 4.24. The maximum absolute atomic E-state index is 9.76. The highest BCUT2D eigenvalue weighted by Gasteiger charge is 2.15. The van der Waals surface area contributed by atoms with Crippen molar-refractivity contribution in [2.75, 3.05) is 0 Å². The molecule has 1 aliphatic rings. The minimum Gasteiger partial charge on any atom is -0.481 e. The average Bonchev–Trinajstić information content (AvgIpc) is 2.14. The van der Waals surface area contributed by atoms with Gasteiger partial charge in [-0.15, -0.1) is 0 Å². The molecule has 0 radical (unpaired) electrons. The third kappa shape index (κ3) is 9.77. The highest BCUT2D eigenvalue weighted by Crippen LogP contribution is 2.30. The summed E-state index contributed by atoms with van der Waals surface area (Å²) in [6.07, 6.45) is 11.0. The zero-order valence-electron chi connectivity index (χ0n) is 10.3. The zero-order chi connectivity index (χ0) is 11.5. The smallest absolute Gasteiger partial charge is 0.303 e. The van der Waals surface area contributed by atoms with E-state index in [4.69, 9.17) is 5.11 Å². The fraction of sp³-hybridized carbons (Fsp3) is 0.923. The van der Waals surface area contributed by atoms with Crippen molar-refractivity contribution in [3.05, 3.63) is 0 Å². The predicted molar refractivity (Wildman–Crippen MR) is 64.0 cm³/mol. The molecule has 0 atom stereocenters. The minimum absolute atomic E-state index is 0.316. The number of carboxylic acid groups (broad SMARTS) is 1. The van der Waals surface area contributed by atoms with Crippen molar-refractivity contribution in [2.45, 2.75) is 71.6 Å². The van der Waals surface area contributed by atoms with Gasteiger partial charge in [-0.05, 0) is 12.3 Å². The van der Waals surface area contributed by atoms with Crippen LogP contribution in [0.4, 0.5) is 0 Å². The highest BCUT2D eigenvalue weighted by atomic mass is 16.4. The quantitative estimate of drug-likeness (QED) is 0.718. The second-order valence-electron chi connectivity index (χ2n) is 4.44. The van der Waals surface area contributed by atoms with Gasteiger partial charge in [0.25, 0.3) is 0 Å². The molecule has 1 saturated carbocycles. The lowest BCUT2D eigenvalue weighted by Gasteiger charge is -2.24. The van der Waals surface area contributed by atoms with E-state index in [1.807, 2.05) is 6.92 Å². The van der Waals surface area contributed by atoms with Gasteiger partial charge in [0.05, 0.1) is 0 Å². The molecule has 1 aliphatic carbocycles. The summed E-state index contributed by atoms with van der Waals surface area (Å²) < 4.78 is 0. The molecule has 90 valence electrons. The lowest BCUT2D eigenvalue weighted by atomic mass is 9.82. The molecule has 0 aromatic carbocycles. The summed E-state index contributed by atoms with van der Waals surface area (Å²) in [4.78, 5) is 9.76. The van der Waals surface area contributed by atoms with E-state index >= 15 is 0 Å². The maximum atomic E-state index is 9.76. The van der Waals surface area contributed by atoms with E-state index in [0.717, 1.165) is 18.8 Å². The molecule has 0 aromatic rings. The van der Waals surface area contributed by atoms with Gasteiger partial charge in [-0.1, -0.05) is 58.8 Å². The van der Waals surface area contributed by atoms with Crippen molar-refractivity contribution < 1.29 is 9.90 Å². The Morgan fingerprint density at radius 2 is 1.80 bits per heavy atom. The second-order valence-corrected chi connectivity index (χ2v) is 4.44. The van der Waals surface area contributed by atoms with Crippen LogP contribution in [0.1, 0.15) is 71.6 Å². The number of aliphatic carboxylic acids is 1. The molecule has 1 N–H and O–H groups in total. The Morgan fingerprint density at radius 3 is 2.07 bits per heavy atom. The first kappa shape index (κ1) is 14.5. The van der Waals surface area contributed by atoms with E-state index in [2.05, 4.69) is 6.92 Å². The molecule has 1 fully saturated rings. The molecule has 2 heteroatoms. The zero-order valence-corrected chi connectivity index (χ0v) is 10.3. The Bertz CT molecular complexity index is 151. The average molecular weight is 214 g/mol. The van der Waals surface area contributed by atoms with E-state index in [9.17, 15) is 4.79 Å². The summed E-state index contributed by atoms with van der Waals surface area (Å²) in [6, 6.07) is 0. The molecule has 2 nitrogen and oxygen atoms in total. The summed E-state index contributed by atoms with van der Waals surface area (Å²) in [7, 11) is 0. The van der Waals surface area contributed by atoms with Gasteiger partial charge in [-0.2, -0.15) is 0 Å². The first-order chi connectivity index (χ1) is 7.20. The Morgan fingerprint density at radius 1 is 1.20 bits per heavy atom. The molecule has 0 spiro atoms. The first-order valence-electron chi connectivity index (χ1n) is 6.42. The Balaban J connectivity index is 0.000000265. The van der Waals surface area contributed by atoms with Crippen LogP contribution in [0.25, 0.3) is 0 Å². The van der Waals surface area contributed by atoms with Crippen molar-refractivity contribution in [1.29, 1.82) is 0 Å². The molecule has 0 aliphatic heterocycles. The van der Waals surface area contributed by atoms with Crippen LogP contribution >= 0.6 is 0 Å². The Hall–Kier alpha value is -0.530. The molecule has 0 saturated heterocycles. The fourth-order valence-electron chi connectivity index (χ4n) is 1.60. The number of hydrogen-bond acceptors (Lipinski definition) is 1. The van der Waals surface area contributed by atoms with Gasteiger partial charge >= 0.3 is 5.97 Å². The van der Waals surface area contributed by atoms with Crippen LogP contribution in [0, 0.1) is 5.92 Å². The molecule has 0 amide bonds. The van der Waals surface area contributed by atoms with Crippen molar-refractivity contribution in [3.8, 4) is 0 Å². The molecule has 15 heavy (non-hydrogen) atoms. The monoisotopic (exact) mass is 214 g/mol. The van der Waals surface area contributed by atoms with Crippen LogP contribution in [0.3, 0.4) is 0 Å². The third-order valence-electron chi connectivity index (χ3n) is 2.93.